The molecule has 0 aliphatic heterocycles. The van der Waals surface area contributed by atoms with E-state index in [1.807, 2.05) is 12.1 Å². The molecular formula is C14H17N3O2S2. The first-order valence-corrected chi connectivity index (χ1v) is 8.12. The summed E-state index contributed by atoms with van der Waals surface area (Å²) in [5.74, 6) is -0.265. The second-order valence-electron chi connectivity index (χ2n) is 4.53. The van der Waals surface area contributed by atoms with E-state index in [0.29, 0.717) is 5.13 Å². The number of methoxy groups -OCH3 is 1. The van der Waals surface area contributed by atoms with Gasteiger partial charge in [-0.3, -0.25) is 4.79 Å². The lowest BCUT2D eigenvalue weighted by Gasteiger charge is -2.08. The molecular weight excluding hydrogens is 306 g/mol. The minimum Gasteiger partial charge on any atom is -0.468 e. The standard InChI is InChI=1S/C14H17N3O2S2/c1-8-6-5-7-11(9(8)2)15-13-16-17-14(21-13)20-10(3)12(18)19-4/h5-7,10H,1-4H3,(H,15,16)/t10-/m0/s1. The summed E-state index contributed by atoms with van der Waals surface area (Å²) in [6.07, 6.45) is 0. The van der Waals surface area contributed by atoms with E-state index in [9.17, 15) is 4.79 Å². The smallest absolute Gasteiger partial charge is 0.318 e. The van der Waals surface area contributed by atoms with Gasteiger partial charge in [0.1, 0.15) is 5.25 Å². The van der Waals surface area contributed by atoms with E-state index in [-0.39, 0.29) is 11.2 Å². The molecule has 0 unspecified atom stereocenters. The van der Waals surface area contributed by atoms with Crippen LogP contribution in [0.15, 0.2) is 22.5 Å². The van der Waals surface area contributed by atoms with Gasteiger partial charge in [0.05, 0.1) is 7.11 Å². The van der Waals surface area contributed by atoms with Crippen LogP contribution >= 0.6 is 23.1 Å². The number of nitrogens with zero attached hydrogens (tertiary/aromatic N) is 2. The van der Waals surface area contributed by atoms with Crippen LogP contribution in [0, 0.1) is 13.8 Å². The van der Waals surface area contributed by atoms with Crippen LogP contribution < -0.4 is 5.32 Å². The summed E-state index contributed by atoms with van der Waals surface area (Å²) >= 11 is 2.77. The lowest BCUT2D eigenvalue weighted by atomic mass is 10.1. The maximum Gasteiger partial charge on any atom is 0.318 e. The number of hydrogen-bond donors (Lipinski definition) is 1. The number of carbonyl (C=O) groups is 1. The third kappa shape index (κ3) is 3.95. The lowest BCUT2D eigenvalue weighted by Crippen LogP contribution is -2.14. The van der Waals surface area contributed by atoms with Gasteiger partial charge in [0.15, 0.2) is 4.34 Å². The molecule has 0 radical (unpaired) electrons. The van der Waals surface area contributed by atoms with Gasteiger partial charge < -0.3 is 10.1 Å². The average Bonchev–Trinajstić information content (AvgIpc) is 2.90. The molecule has 21 heavy (non-hydrogen) atoms. The van der Waals surface area contributed by atoms with E-state index in [4.69, 9.17) is 4.74 Å². The summed E-state index contributed by atoms with van der Waals surface area (Å²) in [6, 6.07) is 6.08. The topological polar surface area (TPSA) is 64.1 Å². The zero-order valence-corrected chi connectivity index (χ0v) is 14.0. The van der Waals surface area contributed by atoms with E-state index < -0.39 is 0 Å². The molecule has 1 aromatic carbocycles. The fraction of sp³-hybridized carbons (Fsp3) is 0.357. The molecule has 1 atom stereocenters. The zero-order valence-electron chi connectivity index (χ0n) is 12.3. The van der Waals surface area contributed by atoms with Crippen molar-refractivity contribution < 1.29 is 9.53 Å². The minimum atomic E-state index is -0.295. The van der Waals surface area contributed by atoms with Gasteiger partial charge in [0, 0.05) is 5.69 Å². The number of nitrogens with one attached hydrogen (secondary N) is 1. The molecule has 1 aromatic heterocycles. The zero-order chi connectivity index (χ0) is 15.4. The molecule has 0 bridgehead atoms. The van der Waals surface area contributed by atoms with Gasteiger partial charge in [-0.05, 0) is 38.0 Å². The number of rotatable bonds is 5. The number of thioether (sulfide) groups is 1. The Kier molecular flexibility index (Phi) is 5.19. The summed E-state index contributed by atoms with van der Waals surface area (Å²) in [4.78, 5) is 11.4. The Balaban J connectivity index is 2.06. The molecule has 1 heterocycles. The van der Waals surface area contributed by atoms with Crippen molar-refractivity contribution in [2.45, 2.75) is 30.4 Å². The molecule has 0 spiro atoms. The number of aromatic nitrogens is 2. The fourth-order valence-corrected chi connectivity index (χ4v) is 3.61. The van der Waals surface area contributed by atoms with Crippen LogP contribution in [0.2, 0.25) is 0 Å². The molecule has 2 aromatic rings. The first-order chi connectivity index (χ1) is 10.0. The molecule has 0 aliphatic carbocycles. The Labute approximate surface area is 132 Å². The second-order valence-corrected chi connectivity index (χ2v) is 7.09. The number of esters is 1. The molecule has 1 N–H and O–H groups in total. The summed E-state index contributed by atoms with van der Waals surface area (Å²) in [7, 11) is 1.38. The number of carbonyl (C=O) groups excluding carboxylic acids is 1. The Morgan fingerprint density at radius 1 is 1.38 bits per heavy atom. The average molecular weight is 323 g/mol. The van der Waals surface area contributed by atoms with Crippen LogP contribution in [-0.2, 0) is 9.53 Å². The SMILES string of the molecule is COC(=O)[C@H](C)Sc1nnc(Nc2cccc(C)c2C)s1. The first-order valence-electron chi connectivity index (χ1n) is 6.42. The van der Waals surface area contributed by atoms with Gasteiger partial charge in [0.2, 0.25) is 5.13 Å². The van der Waals surface area contributed by atoms with Crippen molar-refractivity contribution in [3.05, 3.63) is 29.3 Å². The molecule has 0 aliphatic rings. The van der Waals surface area contributed by atoms with Crippen molar-refractivity contribution in [2.75, 3.05) is 12.4 Å². The number of aryl methyl sites for hydroxylation is 1. The van der Waals surface area contributed by atoms with Crippen molar-refractivity contribution in [1.82, 2.24) is 10.2 Å². The van der Waals surface area contributed by atoms with E-state index in [1.54, 1.807) is 6.92 Å². The van der Waals surface area contributed by atoms with Gasteiger partial charge in [-0.15, -0.1) is 10.2 Å². The van der Waals surface area contributed by atoms with Crippen LogP contribution in [-0.4, -0.2) is 28.5 Å². The molecule has 0 saturated heterocycles. The second kappa shape index (κ2) is 6.91. The van der Waals surface area contributed by atoms with Crippen molar-refractivity contribution in [1.29, 1.82) is 0 Å². The van der Waals surface area contributed by atoms with Crippen molar-refractivity contribution in [2.24, 2.45) is 0 Å². The van der Waals surface area contributed by atoms with Gasteiger partial charge in [0.25, 0.3) is 0 Å². The minimum absolute atomic E-state index is 0.265. The molecule has 2 rings (SSSR count). The predicted octanol–water partition coefficient (Wildman–Crippen LogP) is 3.55. The maximum absolute atomic E-state index is 11.4. The number of anilines is 2. The lowest BCUT2D eigenvalue weighted by molar-refractivity contribution is -0.139. The van der Waals surface area contributed by atoms with Crippen LogP contribution in [0.4, 0.5) is 10.8 Å². The number of benzene rings is 1. The molecule has 0 saturated carbocycles. The summed E-state index contributed by atoms with van der Waals surface area (Å²) in [5.41, 5.74) is 3.42. The van der Waals surface area contributed by atoms with Gasteiger partial charge in [-0.25, -0.2) is 0 Å². The molecule has 7 heteroatoms. The molecule has 5 nitrogen and oxygen atoms in total. The van der Waals surface area contributed by atoms with Gasteiger partial charge in [-0.2, -0.15) is 0 Å². The van der Waals surface area contributed by atoms with E-state index >= 15 is 0 Å². The summed E-state index contributed by atoms with van der Waals surface area (Å²) in [6.45, 7) is 5.92. The summed E-state index contributed by atoms with van der Waals surface area (Å²) < 4.78 is 5.43. The third-order valence-corrected chi connectivity index (χ3v) is 5.06. The Hall–Kier alpha value is -1.60. The highest BCUT2D eigenvalue weighted by Crippen LogP contribution is 2.31. The van der Waals surface area contributed by atoms with E-state index in [1.165, 1.54) is 41.3 Å². The van der Waals surface area contributed by atoms with Crippen LogP contribution in [0.3, 0.4) is 0 Å². The van der Waals surface area contributed by atoms with Crippen molar-refractivity contribution in [3.8, 4) is 0 Å². The van der Waals surface area contributed by atoms with Crippen LogP contribution in [0.1, 0.15) is 18.1 Å². The van der Waals surface area contributed by atoms with Crippen LogP contribution in [0.25, 0.3) is 0 Å². The highest BCUT2D eigenvalue weighted by molar-refractivity contribution is 8.02. The molecule has 0 fully saturated rings. The monoisotopic (exact) mass is 323 g/mol. The van der Waals surface area contributed by atoms with Crippen molar-refractivity contribution >= 4 is 39.9 Å². The van der Waals surface area contributed by atoms with Gasteiger partial charge >= 0.3 is 5.97 Å². The number of hydrogen-bond acceptors (Lipinski definition) is 7. The maximum atomic E-state index is 11.4. The first kappa shape index (κ1) is 15.8. The van der Waals surface area contributed by atoms with E-state index in [2.05, 4.69) is 35.4 Å². The molecule has 112 valence electrons. The largest absolute Gasteiger partial charge is 0.468 e. The normalized spacial score (nSPS) is 12.0. The quantitative estimate of drug-likeness (QED) is 0.670. The Bertz CT molecular complexity index is 643. The van der Waals surface area contributed by atoms with Crippen molar-refractivity contribution in [3.63, 3.8) is 0 Å². The predicted molar refractivity (Wildman–Crippen MR) is 86.4 cm³/mol. The highest BCUT2D eigenvalue weighted by Gasteiger charge is 2.17. The fourth-order valence-electron chi connectivity index (χ4n) is 1.67. The van der Waals surface area contributed by atoms with Gasteiger partial charge in [-0.1, -0.05) is 35.2 Å². The Morgan fingerprint density at radius 3 is 2.86 bits per heavy atom. The number of ether oxygens (including phenoxy) is 1. The van der Waals surface area contributed by atoms with Crippen LogP contribution in [0.5, 0.6) is 0 Å². The highest BCUT2D eigenvalue weighted by atomic mass is 32.2. The molecule has 0 amide bonds. The Morgan fingerprint density at radius 2 is 2.14 bits per heavy atom. The van der Waals surface area contributed by atoms with E-state index in [0.717, 1.165) is 10.0 Å². The third-order valence-electron chi connectivity index (χ3n) is 3.06. The summed E-state index contributed by atoms with van der Waals surface area (Å²) in [5, 5.41) is 11.9.